The molecule has 12 nitrogen and oxygen atoms in total. The van der Waals surface area contributed by atoms with E-state index in [2.05, 4.69) is 118 Å². The molecule has 0 amide bonds. The summed E-state index contributed by atoms with van der Waals surface area (Å²) >= 11 is 0. The molecule has 0 aromatic heterocycles. The first-order valence-electron chi connectivity index (χ1n) is 28.2. The molecule has 1 saturated heterocycles. The average molecular weight is 1020 g/mol. The average Bonchev–Trinajstić information content (AvgIpc) is 3.37. The van der Waals surface area contributed by atoms with Gasteiger partial charge in [-0.1, -0.05) is 195 Å². The SMILES string of the molecule is CC/C=C\C/C=C\C/C=C\C/C=C\C/C=C\CCCCCC(=O)OCC(COC1OC(C(=O)O)C(O)C(O)C1OC(=O)CCCCC/C=C\C/C=C\C/C=C\CC)OC(=O)CCCCCCCCCCCCC. The van der Waals surface area contributed by atoms with Gasteiger partial charge in [-0.3, -0.25) is 14.4 Å². The fourth-order valence-corrected chi connectivity index (χ4v) is 7.88. The van der Waals surface area contributed by atoms with Crippen LogP contribution in [0.25, 0.3) is 0 Å². The fraction of sp³-hybridized carbons (Fsp3) is 0.672. The van der Waals surface area contributed by atoms with Gasteiger partial charge in [0.05, 0.1) is 6.61 Å². The molecule has 3 N–H and O–H groups in total. The number of carbonyl (C=O) groups excluding carboxylic acids is 3. The van der Waals surface area contributed by atoms with Crippen molar-refractivity contribution in [2.45, 2.75) is 250 Å². The van der Waals surface area contributed by atoms with Gasteiger partial charge in [-0.05, 0) is 96.3 Å². The maximum atomic E-state index is 13.1. The number of aliphatic hydroxyl groups is 2. The second kappa shape index (κ2) is 48.6. The zero-order chi connectivity index (χ0) is 53.3. The Balaban J connectivity index is 2.73. The van der Waals surface area contributed by atoms with Crippen LogP contribution in [0.2, 0.25) is 0 Å². The number of allylic oxidation sites excluding steroid dienone is 16. The summed E-state index contributed by atoms with van der Waals surface area (Å²) in [4.78, 5) is 51.0. The van der Waals surface area contributed by atoms with Gasteiger partial charge >= 0.3 is 23.9 Å². The van der Waals surface area contributed by atoms with Gasteiger partial charge < -0.3 is 39.0 Å². The third kappa shape index (κ3) is 38.8. The first-order chi connectivity index (χ1) is 35.6. The van der Waals surface area contributed by atoms with Crippen LogP contribution in [0.1, 0.15) is 213 Å². The minimum absolute atomic E-state index is 0.0186. The Hall–Kier alpha value is -4.36. The van der Waals surface area contributed by atoms with Crippen molar-refractivity contribution in [2.75, 3.05) is 13.2 Å². The Labute approximate surface area is 441 Å². The van der Waals surface area contributed by atoms with Crippen molar-refractivity contribution in [1.82, 2.24) is 0 Å². The third-order valence-electron chi connectivity index (χ3n) is 12.2. The standard InChI is InChI=1S/C61H98O12/c1-4-7-10-13-16-19-22-24-25-26-27-28-29-31-33-35-38-41-44-47-53(62)69-50-52(71-54(63)48-45-42-39-36-32-21-18-15-12-9-6-3)51-70-61-59(57(66)56(65)58(73-61)60(67)68)72-55(64)49-46-43-40-37-34-30-23-20-17-14-11-8-5-2/h7-8,10-11,16-17,19-20,24-25,27-28,30-31,33-34,52,56-59,61,65-66H,4-6,9,12-15,18,21-23,26,29,32,35-51H2,1-3H3,(H,67,68)/b10-7-,11-8-,19-16-,20-17-,25-24-,28-27-,33-31-,34-30-. The molecule has 1 heterocycles. The number of carbonyl (C=O) groups is 4. The molecule has 1 aliphatic rings. The largest absolute Gasteiger partial charge is 0.479 e. The van der Waals surface area contributed by atoms with Gasteiger partial charge in [0, 0.05) is 19.3 Å². The molecule has 1 rings (SSSR count). The van der Waals surface area contributed by atoms with E-state index >= 15 is 0 Å². The van der Waals surface area contributed by atoms with Crippen LogP contribution in [-0.4, -0.2) is 89.2 Å². The number of esters is 3. The minimum atomic E-state index is -1.92. The Bertz CT molecular complexity index is 1640. The highest BCUT2D eigenvalue weighted by molar-refractivity contribution is 5.74. The van der Waals surface area contributed by atoms with E-state index in [0.717, 1.165) is 109 Å². The number of unbranched alkanes of at least 4 members (excludes halogenated alkanes) is 16. The van der Waals surface area contributed by atoms with Crippen molar-refractivity contribution in [3.05, 3.63) is 97.2 Å². The molecule has 12 heteroatoms. The van der Waals surface area contributed by atoms with E-state index in [1.807, 2.05) is 0 Å². The molecule has 6 unspecified atom stereocenters. The van der Waals surface area contributed by atoms with E-state index in [-0.39, 0.29) is 25.9 Å². The van der Waals surface area contributed by atoms with E-state index < -0.39 is 67.3 Å². The Morgan fingerprint density at radius 2 is 0.863 bits per heavy atom. The van der Waals surface area contributed by atoms with Crippen LogP contribution in [0.5, 0.6) is 0 Å². The lowest BCUT2D eigenvalue weighted by molar-refractivity contribution is -0.301. The number of aliphatic carboxylic acids is 1. The summed E-state index contributed by atoms with van der Waals surface area (Å²) in [5.74, 6) is -3.21. The van der Waals surface area contributed by atoms with E-state index in [1.165, 1.54) is 44.9 Å². The predicted molar refractivity (Wildman–Crippen MR) is 294 cm³/mol. The second-order valence-electron chi connectivity index (χ2n) is 18.8. The van der Waals surface area contributed by atoms with Gasteiger partial charge in [-0.25, -0.2) is 4.79 Å². The molecule has 0 bridgehead atoms. The lowest BCUT2D eigenvalue weighted by atomic mass is 9.98. The molecule has 0 aromatic rings. The monoisotopic (exact) mass is 1020 g/mol. The number of carboxylic acids is 1. The topological polar surface area (TPSA) is 175 Å². The summed E-state index contributed by atoms with van der Waals surface area (Å²) in [6, 6.07) is 0. The lowest BCUT2D eigenvalue weighted by Gasteiger charge is -2.40. The molecule has 0 spiro atoms. The van der Waals surface area contributed by atoms with Crippen LogP contribution in [0.4, 0.5) is 0 Å². The number of rotatable bonds is 46. The quantitative estimate of drug-likeness (QED) is 0.0228. The lowest BCUT2D eigenvalue weighted by Crippen LogP contribution is -2.61. The molecule has 0 saturated carbocycles. The molecule has 1 fully saturated rings. The minimum Gasteiger partial charge on any atom is -0.479 e. The predicted octanol–water partition coefficient (Wildman–Crippen LogP) is 14.1. The Kier molecular flexibility index (Phi) is 44.4. The Morgan fingerprint density at radius 1 is 0.466 bits per heavy atom. The van der Waals surface area contributed by atoms with Gasteiger partial charge in [0.25, 0.3) is 0 Å². The number of carboxylic acid groups (broad SMARTS) is 1. The van der Waals surface area contributed by atoms with Crippen LogP contribution < -0.4 is 0 Å². The first-order valence-corrected chi connectivity index (χ1v) is 28.2. The summed E-state index contributed by atoms with van der Waals surface area (Å²) in [6.45, 7) is 5.69. The van der Waals surface area contributed by atoms with Gasteiger partial charge in [0.15, 0.2) is 24.6 Å². The van der Waals surface area contributed by atoms with Crippen molar-refractivity contribution in [3.63, 3.8) is 0 Å². The summed E-state index contributed by atoms with van der Waals surface area (Å²) in [5.41, 5.74) is 0. The highest BCUT2D eigenvalue weighted by atomic mass is 16.7. The van der Waals surface area contributed by atoms with Crippen LogP contribution in [-0.2, 0) is 42.9 Å². The number of hydrogen-bond donors (Lipinski definition) is 3. The van der Waals surface area contributed by atoms with Crippen LogP contribution in [0, 0.1) is 0 Å². The van der Waals surface area contributed by atoms with Gasteiger partial charge in [-0.2, -0.15) is 0 Å². The van der Waals surface area contributed by atoms with Crippen molar-refractivity contribution in [1.29, 1.82) is 0 Å². The molecule has 414 valence electrons. The van der Waals surface area contributed by atoms with Crippen molar-refractivity contribution in [2.24, 2.45) is 0 Å². The van der Waals surface area contributed by atoms with Crippen LogP contribution >= 0.6 is 0 Å². The summed E-state index contributed by atoms with van der Waals surface area (Å²) in [6.07, 6.45) is 51.1. The third-order valence-corrected chi connectivity index (χ3v) is 12.2. The zero-order valence-corrected chi connectivity index (χ0v) is 45.3. The van der Waals surface area contributed by atoms with E-state index in [0.29, 0.717) is 19.3 Å². The van der Waals surface area contributed by atoms with Crippen molar-refractivity contribution in [3.8, 4) is 0 Å². The van der Waals surface area contributed by atoms with Gasteiger partial charge in [-0.15, -0.1) is 0 Å². The normalized spacial score (nSPS) is 19.1. The van der Waals surface area contributed by atoms with Crippen molar-refractivity contribution >= 4 is 23.9 Å². The number of aliphatic hydroxyl groups excluding tert-OH is 2. The second-order valence-corrected chi connectivity index (χ2v) is 18.8. The molecule has 6 atom stereocenters. The van der Waals surface area contributed by atoms with Crippen molar-refractivity contribution < 1.29 is 58.2 Å². The molecular formula is C61H98O12. The van der Waals surface area contributed by atoms with E-state index in [4.69, 9.17) is 23.7 Å². The molecular weight excluding hydrogens is 925 g/mol. The van der Waals surface area contributed by atoms with Crippen LogP contribution in [0.15, 0.2) is 97.2 Å². The number of hydrogen-bond acceptors (Lipinski definition) is 11. The summed E-state index contributed by atoms with van der Waals surface area (Å²) < 4.78 is 28.3. The van der Waals surface area contributed by atoms with Gasteiger partial charge in [0.1, 0.15) is 18.8 Å². The smallest absolute Gasteiger partial charge is 0.335 e. The zero-order valence-electron chi connectivity index (χ0n) is 45.3. The maximum Gasteiger partial charge on any atom is 0.335 e. The Morgan fingerprint density at radius 3 is 1.32 bits per heavy atom. The molecule has 0 radical (unpaired) electrons. The summed E-state index contributed by atoms with van der Waals surface area (Å²) in [7, 11) is 0. The van der Waals surface area contributed by atoms with Gasteiger partial charge in [0.2, 0.25) is 0 Å². The molecule has 0 aromatic carbocycles. The summed E-state index contributed by atoms with van der Waals surface area (Å²) in [5, 5.41) is 31.4. The van der Waals surface area contributed by atoms with E-state index in [9.17, 15) is 34.5 Å². The highest BCUT2D eigenvalue weighted by Gasteiger charge is 2.50. The fourth-order valence-electron chi connectivity index (χ4n) is 7.88. The highest BCUT2D eigenvalue weighted by Crippen LogP contribution is 2.26. The first kappa shape index (κ1) is 66.7. The van der Waals surface area contributed by atoms with E-state index in [1.54, 1.807) is 0 Å². The molecule has 73 heavy (non-hydrogen) atoms. The van der Waals surface area contributed by atoms with Crippen LogP contribution in [0.3, 0.4) is 0 Å². The molecule has 0 aliphatic carbocycles. The molecule has 1 aliphatic heterocycles. The maximum absolute atomic E-state index is 13.1. The number of ether oxygens (including phenoxy) is 5.